The van der Waals surface area contributed by atoms with E-state index in [1.165, 1.54) is 63.4 Å². The zero-order valence-electron chi connectivity index (χ0n) is 16.8. The van der Waals surface area contributed by atoms with Crippen molar-refractivity contribution in [3.05, 3.63) is 36.9 Å². The zero-order chi connectivity index (χ0) is 18.5. The van der Waals surface area contributed by atoms with Gasteiger partial charge in [-0.3, -0.25) is 0 Å². The number of rotatable bonds is 12. The predicted molar refractivity (Wildman–Crippen MR) is 118 cm³/mol. The van der Waals surface area contributed by atoms with E-state index >= 15 is 0 Å². The van der Waals surface area contributed by atoms with E-state index in [0.717, 1.165) is 11.8 Å². The molecule has 1 saturated heterocycles. The quantitative estimate of drug-likeness (QED) is 0.210. The summed E-state index contributed by atoms with van der Waals surface area (Å²) >= 11 is 0. The van der Waals surface area contributed by atoms with Gasteiger partial charge >= 0.3 is 159 Å². The third kappa shape index (κ3) is 7.26. The van der Waals surface area contributed by atoms with Crippen LogP contribution in [0.15, 0.2) is 36.9 Å². The summed E-state index contributed by atoms with van der Waals surface area (Å²) in [5, 5.41) is 0. The van der Waals surface area contributed by atoms with Gasteiger partial charge in [0.2, 0.25) is 0 Å². The van der Waals surface area contributed by atoms with Crippen molar-refractivity contribution < 1.29 is 4.52 Å². The summed E-state index contributed by atoms with van der Waals surface area (Å²) in [6, 6.07) is 0. The predicted octanol–water partition coefficient (Wildman–Crippen LogP) is 6.87. The van der Waals surface area contributed by atoms with E-state index in [2.05, 4.69) is 40.0 Å². The molecule has 3 atom stereocenters. The van der Waals surface area contributed by atoms with E-state index < -0.39 is 0 Å². The zero-order valence-corrected chi connectivity index (χ0v) is 17.8. The summed E-state index contributed by atoms with van der Waals surface area (Å²) in [6.07, 6.45) is 17.2. The van der Waals surface area contributed by atoms with Gasteiger partial charge in [0.15, 0.2) is 0 Å². The standard InChI is InChI=1S/C22H38BOP/c1-6-10-12-14-17-22(5,16-13-11-7-2)20-18-25-24-21(23-9-4)19(20)15-8-3/h8-9,15,20,25H,3-4,6-7,10-14,16-18H2,1-2,5H3/b19-15-. The van der Waals surface area contributed by atoms with Crippen LogP contribution in [-0.4, -0.2) is 18.7 Å². The normalized spacial score (nSPS) is 23.9. The fourth-order valence-electron chi connectivity index (χ4n) is 3.94. The second kappa shape index (κ2) is 12.7. The second-order valence-electron chi connectivity index (χ2n) is 7.55. The van der Waals surface area contributed by atoms with E-state index in [1.54, 1.807) is 0 Å². The van der Waals surface area contributed by atoms with Gasteiger partial charge < -0.3 is 0 Å². The molecule has 0 aliphatic carbocycles. The molecule has 0 radical (unpaired) electrons. The van der Waals surface area contributed by atoms with Crippen molar-refractivity contribution in [2.24, 2.45) is 11.3 Å². The van der Waals surface area contributed by atoms with Crippen molar-refractivity contribution in [3.8, 4) is 0 Å². The third-order valence-corrected chi connectivity index (χ3v) is 6.43. The molecule has 3 heteroatoms. The first-order chi connectivity index (χ1) is 12.1. The van der Waals surface area contributed by atoms with Crippen molar-refractivity contribution in [1.82, 2.24) is 0 Å². The van der Waals surface area contributed by atoms with Gasteiger partial charge in [-0.1, -0.05) is 0 Å². The summed E-state index contributed by atoms with van der Waals surface area (Å²) in [6.45, 7) is 16.9. The second-order valence-corrected chi connectivity index (χ2v) is 8.45. The summed E-state index contributed by atoms with van der Waals surface area (Å²) < 4.78 is 5.98. The Hall–Kier alpha value is -0.615. The first-order valence-corrected chi connectivity index (χ1v) is 11.3. The van der Waals surface area contributed by atoms with E-state index in [0.29, 0.717) is 20.1 Å². The summed E-state index contributed by atoms with van der Waals surface area (Å²) in [7, 11) is 0.556. The van der Waals surface area contributed by atoms with Crippen LogP contribution < -0.4 is 0 Å². The minimum atomic E-state index is 0.356. The summed E-state index contributed by atoms with van der Waals surface area (Å²) in [5.41, 5.74) is 2.71. The number of hydrogen-bond donors (Lipinski definition) is 0. The Morgan fingerprint density at radius 1 is 1.12 bits per heavy atom. The molecule has 3 unspecified atom stereocenters. The summed E-state index contributed by atoms with van der Waals surface area (Å²) in [4.78, 5) is 0. The van der Waals surface area contributed by atoms with Crippen molar-refractivity contribution >= 4 is 21.4 Å². The molecule has 0 spiro atoms. The molecule has 0 aromatic carbocycles. The molecule has 1 rings (SSSR count). The Morgan fingerprint density at radius 2 is 1.76 bits per heavy atom. The van der Waals surface area contributed by atoms with Crippen molar-refractivity contribution in [2.75, 3.05) is 6.16 Å². The average molecular weight is 360 g/mol. The van der Waals surface area contributed by atoms with Crippen LogP contribution in [0.25, 0.3) is 0 Å². The number of unbranched alkanes of at least 4 members (excludes halogenated alkanes) is 5. The Kier molecular flexibility index (Phi) is 11.4. The van der Waals surface area contributed by atoms with Gasteiger partial charge in [-0.25, -0.2) is 0 Å². The fraction of sp³-hybridized carbons (Fsp3) is 0.682. The minimum absolute atomic E-state index is 0.356. The van der Waals surface area contributed by atoms with E-state index in [4.69, 9.17) is 4.52 Å². The maximum absolute atomic E-state index is 5.98. The molecule has 0 aromatic heterocycles. The molecule has 140 valence electrons. The third-order valence-electron chi connectivity index (χ3n) is 5.49. The van der Waals surface area contributed by atoms with Crippen LogP contribution in [-0.2, 0) is 4.52 Å². The van der Waals surface area contributed by atoms with E-state index in [1.807, 2.05) is 19.0 Å². The monoisotopic (exact) mass is 360 g/mol. The van der Waals surface area contributed by atoms with Gasteiger partial charge in [0.1, 0.15) is 0 Å². The Morgan fingerprint density at radius 3 is 2.36 bits per heavy atom. The summed E-state index contributed by atoms with van der Waals surface area (Å²) in [5.74, 6) is 2.41. The number of hydrogen-bond acceptors (Lipinski definition) is 1. The molecule has 25 heavy (non-hydrogen) atoms. The average Bonchev–Trinajstić information content (AvgIpc) is 2.61. The Bertz CT molecular complexity index is 469. The van der Waals surface area contributed by atoms with Gasteiger partial charge in [-0.15, -0.1) is 0 Å². The molecule has 0 aromatic rings. The van der Waals surface area contributed by atoms with Gasteiger partial charge in [-0.2, -0.15) is 0 Å². The van der Waals surface area contributed by atoms with Crippen molar-refractivity contribution in [1.29, 1.82) is 0 Å². The van der Waals surface area contributed by atoms with Gasteiger partial charge in [0, 0.05) is 0 Å². The molecule has 1 fully saturated rings. The first-order valence-electron chi connectivity index (χ1n) is 10.2. The van der Waals surface area contributed by atoms with Crippen LogP contribution in [0, 0.1) is 11.3 Å². The molecule has 0 bridgehead atoms. The SMILES string of the molecule is C=CB=C1OPCC(C(C)(CCCCC)CCCCCC)/C1=C/C=C. The molecule has 1 aliphatic rings. The molecular formula is C22H38BOP. The number of allylic oxidation sites excluding steroid dienone is 2. The fourth-order valence-corrected chi connectivity index (χ4v) is 5.24. The molecule has 0 amide bonds. The molecule has 0 saturated carbocycles. The van der Waals surface area contributed by atoms with Crippen molar-refractivity contribution in [3.63, 3.8) is 0 Å². The van der Waals surface area contributed by atoms with Gasteiger partial charge in [-0.05, 0) is 0 Å². The van der Waals surface area contributed by atoms with Crippen LogP contribution in [0.2, 0.25) is 0 Å². The van der Waals surface area contributed by atoms with Gasteiger partial charge in [0.05, 0.1) is 0 Å². The molecule has 0 N–H and O–H groups in total. The molecule has 1 aliphatic heterocycles. The van der Waals surface area contributed by atoms with Crippen LogP contribution in [0.4, 0.5) is 0 Å². The molecule has 1 heterocycles. The van der Waals surface area contributed by atoms with Gasteiger partial charge in [0.25, 0.3) is 0 Å². The molecular weight excluding hydrogens is 322 g/mol. The Labute approximate surface area is 159 Å². The van der Waals surface area contributed by atoms with Crippen LogP contribution in [0.3, 0.4) is 0 Å². The molecule has 1 nitrogen and oxygen atoms in total. The van der Waals surface area contributed by atoms with Crippen LogP contribution in [0.1, 0.15) is 78.6 Å². The van der Waals surface area contributed by atoms with Crippen LogP contribution in [0.5, 0.6) is 0 Å². The first kappa shape index (κ1) is 22.4. The Balaban J connectivity index is 3.02. The van der Waals surface area contributed by atoms with E-state index in [9.17, 15) is 0 Å². The van der Waals surface area contributed by atoms with Crippen LogP contribution >= 0.6 is 8.81 Å². The maximum atomic E-state index is 5.98. The topological polar surface area (TPSA) is 9.23 Å². The van der Waals surface area contributed by atoms with E-state index in [-0.39, 0.29) is 0 Å². The van der Waals surface area contributed by atoms with Crippen molar-refractivity contribution in [2.45, 2.75) is 78.6 Å².